The first-order valence-electron chi connectivity index (χ1n) is 6.55. The van der Waals surface area contributed by atoms with Crippen molar-refractivity contribution in [3.8, 4) is 11.5 Å². The van der Waals surface area contributed by atoms with Crippen LogP contribution < -0.4 is 15.2 Å². The molecule has 6 nitrogen and oxygen atoms in total. The van der Waals surface area contributed by atoms with Gasteiger partial charge in [-0.25, -0.2) is 0 Å². The van der Waals surface area contributed by atoms with E-state index in [9.17, 15) is 4.79 Å². The van der Waals surface area contributed by atoms with Crippen LogP contribution >= 0.6 is 0 Å². The molecule has 3 N–H and O–H groups in total. The number of methoxy groups -OCH3 is 1. The highest BCUT2D eigenvalue weighted by molar-refractivity contribution is 5.79. The number of likely N-dealkylation sites (tertiary alicyclic amines) is 1. The first-order valence-corrected chi connectivity index (χ1v) is 6.55. The molecule has 0 amide bonds. The van der Waals surface area contributed by atoms with Crippen LogP contribution in [0.3, 0.4) is 0 Å². The standard InChI is InChI=1S/C14H20N2O4/c1-19-11-2-4-12(5-3-11)20-9-8-16-7-6-14(15,10-16)13(17)18/h2-5H,6-10,15H2,1H3,(H,17,18). The van der Waals surface area contributed by atoms with Crippen LogP contribution in [0.5, 0.6) is 11.5 Å². The van der Waals surface area contributed by atoms with Gasteiger partial charge in [0, 0.05) is 19.6 Å². The molecule has 1 aromatic rings. The summed E-state index contributed by atoms with van der Waals surface area (Å²) < 4.78 is 10.7. The maximum atomic E-state index is 11.0. The Morgan fingerprint density at radius 3 is 2.60 bits per heavy atom. The number of hydrogen-bond acceptors (Lipinski definition) is 5. The lowest BCUT2D eigenvalue weighted by atomic mass is 10.0. The third-order valence-corrected chi connectivity index (χ3v) is 3.54. The molecule has 6 heteroatoms. The molecule has 1 unspecified atom stereocenters. The number of rotatable bonds is 6. The van der Waals surface area contributed by atoms with Crippen LogP contribution in [0.1, 0.15) is 6.42 Å². The zero-order valence-electron chi connectivity index (χ0n) is 11.5. The van der Waals surface area contributed by atoms with E-state index in [1.165, 1.54) is 0 Å². The lowest BCUT2D eigenvalue weighted by molar-refractivity contribution is -0.142. The zero-order chi connectivity index (χ0) is 14.6. The van der Waals surface area contributed by atoms with Gasteiger partial charge in [-0.15, -0.1) is 0 Å². The Hall–Kier alpha value is -1.79. The molecule has 0 bridgehead atoms. The molecule has 1 aliphatic rings. The maximum absolute atomic E-state index is 11.0. The fourth-order valence-electron chi connectivity index (χ4n) is 2.24. The van der Waals surface area contributed by atoms with E-state index in [2.05, 4.69) is 0 Å². The van der Waals surface area contributed by atoms with Gasteiger partial charge in [-0.05, 0) is 30.7 Å². The van der Waals surface area contributed by atoms with Crippen molar-refractivity contribution in [3.63, 3.8) is 0 Å². The molecule has 2 rings (SSSR count). The number of carboxylic acids is 1. The summed E-state index contributed by atoms with van der Waals surface area (Å²) in [4.78, 5) is 13.0. The van der Waals surface area contributed by atoms with Gasteiger partial charge in [0.25, 0.3) is 0 Å². The number of carboxylic acid groups (broad SMARTS) is 1. The Kier molecular flexibility index (Phi) is 4.46. The van der Waals surface area contributed by atoms with Gasteiger partial charge in [0.15, 0.2) is 0 Å². The largest absolute Gasteiger partial charge is 0.497 e. The van der Waals surface area contributed by atoms with Crippen molar-refractivity contribution in [2.75, 3.05) is 33.4 Å². The van der Waals surface area contributed by atoms with Gasteiger partial charge in [0.2, 0.25) is 0 Å². The molecule has 1 atom stereocenters. The molecule has 1 saturated heterocycles. The van der Waals surface area contributed by atoms with Gasteiger partial charge < -0.3 is 20.3 Å². The van der Waals surface area contributed by atoms with Crippen LogP contribution in [-0.2, 0) is 4.79 Å². The molecule has 0 aliphatic carbocycles. The van der Waals surface area contributed by atoms with E-state index in [4.69, 9.17) is 20.3 Å². The molecule has 20 heavy (non-hydrogen) atoms. The molecule has 1 aliphatic heterocycles. The number of aliphatic carboxylic acids is 1. The molecular weight excluding hydrogens is 260 g/mol. The Balaban J connectivity index is 1.75. The number of hydrogen-bond donors (Lipinski definition) is 2. The van der Waals surface area contributed by atoms with Crippen LogP contribution in [-0.4, -0.2) is 54.9 Å². The number of ether oxygens (including phenoxy) is 2. The first-order chi connectivity index (χ1) is 9.53. The van der Waals surface area contributed by atoms with E-state index in [1.807, 2.05) is 29.2 Å². The molecule has 1 heterocycles. The van der Waals surface area contributed by atoms with Gasteiger partial charge in [-0.2, -0.15) is 0 Å². The third-order valence-electron chi connectivity index (χ3n) is 3.54. The molecule has 1 fully saturated rings. The van der Waals surface area contributed by atoms with Crippen molar-refractivity contribution in [1.29, 1.82) is 0 Å². The van der Waals surface area contributed by atoms with E-state index in [0.717, 1.165) is 11.5 Å². The highest BCUT2D eigenvalue weighted by Gasteiger charge is 2.40. The quantitative estimate of drug-likeness (QED) is 0.792. The summed E-state index contributed by atoms with van der Waals surface area (Å²) in [5.41, 5.74) is 4.70. The summed E-state index contributed by atoms with van der Waals surface area (Å²) in [6, 6.07) is 7.35. The van der Waals surface area contributed by atoms with Gasteiger partial charge in [0.1, 0.15) is 23.6 Å². The van der Waals surface area contributed by atoms with E-state index in [1.54, 1.807) is 7.11 Å². The molecule has 0 radical (unpaired) electrons. The average Bonchev–Trinajstić information content (AvgIpc) is 2.83. The van der Waals surface area contributed by atoms with Gasteiger partial charge in [-0.1, -0.05) is 0 Å². The third kappa shape index (κ3) is 3.40. The normalized spacial score (nSPS) is 22.7. The summed E-state index contributed by atoms with van der Waals surface area (Å²) in [6.45, 7) is 2.23. The summed E-state index contributed by atoms with van der Waals surface area (Å²) in [5.74, 6) is 0.615. The predicted molar refractivity (Wildman–Crippen MR) is 74.1 cm³/mol. The predicted octanol–water partition coefficient (Wildman–Crippen LogP) is 0.562. The number of benzene rings is 1. The van der Waals surface area contributed by atoms with E-state index in [-0.39, 0.29) is 0 Å². The highest BCUT2D eigenvalue weighted by Crippen LogP contribution is 2.19. The molecule has 0 spiro atoms. The monoisotopic (exact) mass is 280 g/mol. The van der Waals surface area contributed by atoms with Crippen molar-refractivity contribution in [3.05, 3.63) is 24.3 Å². The highest BCUT2D eigenvalue weighted by atomic mass is 16.5. The first kappa shape index (κ1) is 14.6. The van der Waals surface area contributed by atoms with Crippen molar-refractivity contribution in [2.45, 2.75) is 12.0 Å². The minimum Gasteiger partial charge on any atom is -0.497 e. The van der Waals surface area contributed by atoms with Crippen LogP contribution in [0.15, 0.2) is 24.3 Å². The lowest BCUT2D eigenvalue weighted by Crippen LogP contribution is -2.50. The Morgan fingerprint density at radius 2 is 2.05 bits per heavy atom. The molecule has 110 valence electrons. The molecule has 0 saturated carbocycles. The van der Waals surface area contributed by atoms with Crippen LogP contribution in [0.2, 0.25) is 0 Å². The van der Waals surface area contributed by atoms with Crippen LogP contribution in [0.4, 0.5) is 0 Å². The second kappa shape index (κ2) is 6.11. The summed E-state index contributed by atoms with van der Waals surface area (Å²) in [5, 5.41) is 9.05. The smallest absolute Gasteiger partial charge is 0.325 e. The van der Waals surface area contributed by atoms with Gasteiger partial charge in [0.05, 0.1) is 7.11 Å². The fraction of sp³-hybridized carbons (Fsp3) is 0.500. The van der Waals surface area contributed by atoms with E-state index >= 15 is 0 Å². The zero-order valence-corrected chi connectivity index (χ0v) is 11.5. The summed E-state index contributed by atoms with van der Waals surface area (Å²) in [6.07, 6.45) is 0.477. The van der Waals surface area contributed by atoms with Crippen molar-refractivity contribution in [2.24, 2.45) is 5.73 Å². The van der Waals surface area contributed by atoms with E-state index < -0.39 is 11.5 Å². The molecular formula is C14H20N2O4. The average molecular weight is 280 g/mol. The Bertz CT molecular complexity index is 463. The van der Waals surface area contributed by atoms with Gasteiger partial charge >= 0.3 is 5.97 Å². The second-order valence-corrected chi connectivity index (χ2v) is 5.01. The minimum atomic E-state index is -1.11. The minimum absolute atomic E-state index is 0.369. The summed E-state index contributed by atoms with van der Waals surface area (Å²) >= 11 is 0. The summed E-state index contributed by atoms with van der Waals surface area (Å²) in [7, 11) is 1.62. The molecule has 0 aromatic heterocycles. The Labute approximate surface area is 118 Å². The van der Waals surface area contributed by atoms with Crippen LogP contribution in [0.25, 0.3) is 0 Å². The van der Waals surface area contributed by atoms with Gasteiger partial charge in [-0.3, -0.25) is 9.69 Å². The van der Waals surface area contributed by atoms with Crippen molar-refractivity contribution < 1.29 is 19.4 Å². The maximum Gasteiger partial charge on any atom is 0.325 e. The fourth-order valence-corrected chi connectivity index (χ4v) is 2.24. The number of carbonyl (C=O) groups is 1. The number of nitrogens with zero attached hydrogens (tertiary/aromatic N) is 1. The Morgan fingerprint density at radius 1 is 1.40 bits per heavy atom. The SMILES string of the molecule is COc1ccc(OCCN2CCC(N)(C(=O)O)C2)cc1. The second-order valence-electron chi connectivity index (χ2n) is 5.01. The number of nitrogens with two attached hydrogens (primary N) is 1. The topological polar surface area (TPSA) is 85.0 Å². The molecule has 1 aromatic carbocycles. The van der Waals surface area contributed by atoms with Crippen molar-refractivity contribution in [1.82, 2.24) is 4.90 Å². The lowest BCUT2D eigenvalue weighted by Gasteiger charge is -2.20. The van der Waals surface area contributed by atoms with E-state index in [0.29, 0.717) is 32.7 Å². The van der Waals surface area contributed by atoms with Crippen molar-refractivity contribution >= 4 is 5.97 Å². The van der Waals surface area contributed by atoms with Crippen LogP contribution in [0, 0.1) is 0 Å².